The number of carbonyl (C=O) groups is 5. The Morgan fingerprint density at radius 2 is 0.744 bits per heavy atom. The SMILES string of the molecule is CC(=O)N[C@H]1[C@H](O[C@H]2[C@H](O)[C@@H](NC(C)=O)C(O)O[C@@H]2CO[C@@H]2O[C@@H](C)[C@@H](O)[C@@H](O)[C@@H]2O)O[C@H](CO)[C@@H](O[C@@H]2O[C@H](CO[C@H]3O[C@H](CO)[C@@H](O)[C@H](O)[C@@H]3O)[C@@H](O)[C@H](O[C@H]3O[C@H](CO)[C@@H](O)[C@H](O)[C@@H]3O[C@@H]3O[C@H](CO)[C@@H](O[C@@H]4O[C@H](CO[C@]5(C(=O)O)C[C@H](O)[C@@H](NC(C)=O)[C@H]([C@H](O)[C@H](O)CO)O5)[C@H](O)[C@H](O)[C@H]4O)[C@H](O)[C@H]3NC(C)=O)[C@@H]2O)[C@@H]1O. The van der Waals surface area contributed by atoms with E-state index in [2.05, 4.69) is 21.3 Å². The molecule has 9 aliphatic rings. The summed E-state index contributed by atoms with van der Waals surface area (Å²) in [6.07, 6.45) is -86.9. The lowest BCUT2D eigenvalue weighted by Gasteiger charge is -2.51. The maximum atomic E-state index is 13.1. The fourth-order valence-electron chi connectivity index (χ4n) is 14.9. The van der Waals surface area contributed by atoms with Crippen molar-refractivity contribution in [1.82, 2.24) is 21.3 Å². The van der Waals surface area contributed by atoms with Crippen molar-refractivity contribution in [2.45, 2.75) is 323 Å². The Kier molecular flexibility index (Phi) is 34.2. The number of nitrogens with one attached hydrogen (secondary N) is 4. The topological polar surface area (TPSA) is 816 Å². The molecule has 0 aromatic heterocycles. The third-order valence-electron chi connectivity index (χ3n) is 21.3. The molecule has 0 aromatic rings. The minimum absolute atomic E-state index is 0.827. The minimum atomic E-state index is -3.08. The summed E-state index contributed by atoms with van der Waals surface area (Å²) in [5, 5.41) is 297. The van der Waals surface area contributed by atoms with E-state index in [1.165, 1.54) is 6.92 Å². The first-order chi connectivity index (χ1) is 55.1. The molecule has 9 rings (SSSR count). The fraction of sp³-hybridized carbons (Fsp3) is 0.923. The molecule has 1 unspecified atom stereocenters. The van der Waals surface area contributed by atoms with Crippen LogP contribution < -0.4 is 21.3 Å². The van der Waals surface area contributed by atoms with Gasteiger partial charge in [-0.1, -0.05) is 0 Å². The maximum Gasteiger partial charge on any atom is 0.364 e. The highest BCUT2D eigenvalue weighted by Gasteiger charge is 2.62. The van der Waals surface area contributed by atoms with E-state index in [-0.39, 0.29) is 0 Å². The molecule has 9 saturated heterocycles. The smallest absolute Gasteiger partial charge is 0.364 e. The van der Waals surface area contributed by atoms with Crippen LogP contribution in [-0.4, -0.2) is 497 Å². The fourth-order valence-corrected chi connectivity index (χ4v) is 14.9. The van der Waals surface area contributed by atoms with Gasteiger partial charge in [-0.2, -0.15) is 0 Å². The first-order valence-electron chi connectivity index (χ1n) is 37.1. The molecule has 0 radical (unpaired) electrons. The van der Waals surface area contributed by atoms with Gasteiger partial charge in [-0.3, -0.25) is 19.2 Å². The Hall–Kier alpha value is -4.33. The van der Waals surface area contributed by atoms with Crippen LogP contribution in [0.2, 0.25) is 0 Å². The van der Waals surface area contributed by atoms with Crippen LogP contribution in [0, 0.1) is 0 Å². The summed E-state index contributed by atoms with van der Waals surface area (Å²) in [4.78, 5) is 63.6. The van der Waals surface area contributed by atoms with Crippen molar-refractivity contribution < 1.29 is 237 Å². The van der Waals surface area contributed by atoms with Crippen molar-refractivity contribution in [3.8, 4) is 0 Å². The molecular weight excluding hydrogens is 1600 g/mol. The Labute approximate surface area is 662 Å². The van der Waals surface area contributed by atoms with Crippen LogP contribution in [0.1, 0.15) is 41.0 Å². The molecule has 52 nitrogen and oxygen atoms in total. The molecule has 4 amide bonds. The standard InChI is InChI=1S/C65H108N4O48/c1-15-33(81)42(90)46(94)59(104-15)102-13-28-52(39(87)30(56(98)105-28)67-17(3)76)112-57-31(68-18(4)77)40(88)51(25(11-74)108-57)114-62-49(97)54(38(86)26(110-62)12-101-60-47(95)43(91)35(83)22(8-71)106-60)115-63-55(45(93)36(84)23(9-72)107-63)116-58-32(69-19(5)78)41(89)50(24(10-73)109-58)113-61-48(96)44(92)37(85)27(111-61)14-103-65(64(99)100)6-20(79)29(66-16(2)75)53(117-65)34(82)21(80)7-70/h15,20-63,70-74,79-98H,6-14H2,1-5H3,(H,66,75)(H,67,76)(H,68,77)(H,69,78)(H,99,100)/t15-,20-,21+,22+,23+,24+,25+,26+,27+,28+,29+,30+,31+,32+,33+,34+,35+,36+,37-,38+,39+,40+,41+,42+,43-,44-,45-,46-,47-,48+,49-,50+,51+,52+,53+,54-,55-,56?,57-,58-,59+,60-,61-,62-,63+,65+/m0/s1. The summed E-state index contributed by atoms with van der Waals surface area (Å²) in [6.45, 7) is -3.81. The number of aliphatic hydroxyl groups is 25. The zero-order chi connectivity index (χ0) is 86.6. The zero-order valence-electron chi connectivity index (χ0n) is 63.0. The second kappa shape index (κ2) is 41.4. The van der Waals surface area contributed by atoms with Crippen molar-refractivity contribution in [2.75, 3.05) is 52.9 Å². The normalized spacial score (nSPS) is 47.9. The number of ether oxygens (including phenoxy) is 17. The van der Waals surface area contributed by atoms with Gasteiger partial charge < -0.3 is 235 Å². The molecular formula is C65H108N4O48. The van der Waals surface area contributed by atoms with Crippen LogP contribution in [-0.2, 0) is 104 Å². The number of carbonyl (C=O) groups excluding carboxylic acids is 4. The molecule has 0 spiro atoms. The highest BCUT2D eigenvalue weighted by molar-refractivity contribution is 5.77. The number of aliphatic hydroxyl groups excluding tert-OH is 25. The summed E-state index contributed by atoms with van der Waals surface area (Å²) in [5.41, 5.74) is 0. The molecule has 117 heavy (non-hydrogen) atoms. The van der Waals surface area contributed by atoms with Gasteiger partial charge in [0.1, 0.15) is 207 Å². The van der Waals surface area contributed by atoms with Gasteiger partial charge in [0.25, 0.3) is 5.79 Å². The Balaban J connectivity index is 0.983. The molecule has 30 N–H and O–H groups in total. The van der Waals surface area contributed by atoms with Crippen LogP contribution in [0.5, 0.6) is 0 Å². The van der Waals surface area contributed by atoms with Crippen molar-refractivity contribution in [2.24, 2.45) is 0 Å². The van der Waals surface area contributed by atoms with E-state index >= 15 is 0 Å². The van der Waals surface area contributed by atoms with Crippen LogP contribution in [0.15, 0.2) is 0 Å². The second-order valence-corrected chi connectivity index (χ2v) is 29.7. The lowest BCUT2D eigenvalue weighted by molar-refractivity contribution is -0.398. The third kappa shape index (κ3) is 21.5. The maximum absolute atomic E-state index is 13.1. The van der Waals surface area contributed by atoms with E-state index in [0.29, 0.717) is 0 Å². The highest BCUT2D eigenvalue weighted by Crippen LogP contribution is 2.41. The number of rotatable bonds is 31. The number of carboxylic acid groups (broad SMARTS) is 1. The monoisotopic (exact) mass is 1710 g/mol. The molecule has 9 aliphatic heterocycles. The van der Waals surface area contributed by atoms with Gasteiger partial charge in [0.05, 0.1) is 71.1 Å². The van der Waals surface area contributed by atoms with E-state index in [9.17, 15) is 157 Å². The molecule has 9 fully saturated rings. The van der Waals surface area contributed by atoms with Crippen LogP contribution >= 0.6 is 0 Å². The summed E-state index contributed by atoms with van der Waals surface area (Å²) in [5.74, 6) is -8.76. The van der Waals surface area contributed by atoms with E-state index in [1.807, 2.05) is 0 Å². The van der Waals surface area contributed by atoms with E-state index in [0.717, 1.165) is 27.7 Å². The Morgan fingerprint density at radius 3 is 1.24 bits per heavy atom. The number of carboxylic acids is 1. The summed E-state index contributed by atoms with van der Waals surface area (Å²) >= 11 is 0. The molecule has 46 atom stereocenters. The zero-order valence-corrected chi connectivity index (χ0v) is 63.0. The predicted molar refractivity (Wildman–Crippen MR) is 359 cm³/mol. The molecule has 9 heterocycles. The highest BCUT2D eigenvalue weighted by atomic mass is 16.8. The molecule has 0 saturated carbocycles. The van der Waals surface area contributed by atoms with E-state index in [1.54, 1.807) is 0 Å². The summed E-state index contributed by atoms with van der Waals surface area (Å²) in [7, 11) is 0. The number of amides is 4. The molecule has 0 aromatic carbocycles. The average Bonchev–Trinajstić information content (AvgIpc) is 0.768. The number of hydrogen-bond donors (Lipinski definition) is 30. The number of hydrogen-bond acceptors (Lipinski definition) is 47. The van der Waals surface area contributed by atoms with Crippen LogP contribution in [0.25, 0.3) is 0 Å². The van der Waals surface area contributed by atoms with Gasteiger partial charge in [-0.15, -0.1) is 0 Å². The quantitative estimate of drug-likeness (QED) is 0.0306. The molecule has 52 heteroatoms. The van der Waals surface area contributed by atoms with Crippen molar-refractivity contribution >= 4 is 29.6 Å². The lowest BCUT2D eigenvalue weighted by Crippen LogP contribution is -2.71. The number of aliphatic carboxylic acids is 1. The van der Waals surface area contributed by atoms with Gasteiger partial charge >= 0.3 is 5.97 Å². The van der Waals surface area contributed by atoms with Gasteiger partial charge in [0.2, 0.25) is 23.6 Å². The largest absolute Gasteiger partial charge is 0.477 e. The van der Waals surface area contributed by atoms with Crippen LogP contribution in [0.4, 0.5) is 0 Å². The Morgan fingerprint density at radius 1 is 0.368 bits per heavy atom. The predicted octanol–water partition coefficient (Wildman–Crippen LogP) is -19.8. The summed E-state index contributed by atoms with van der Waals surface area (Å²) in [6, 6.07) is -7.43. The first kappa shape index (κ1) is 96.5. The molecule has 676 valence electrons. The van der Waals surface area contributed by atoms with Gasteiger partial charge in [-0.25, -0.2) is 4.79 Å². The van der Waals surface area contributed by atoms with Gasteiger partial charge in [0, 0.05) is 34.1 Å². The molecule has 0 bridgehead atoms. The minimum Gasteiger partial charge on any atom is -0.477 e. The lowest BCUT2D eigenvalue weighted by atomic mass is 9.88. The van der Waals surface area contributed by atoms with Crippen molar-refractivity contribution in [1.29, 1.82) is 0 Å². The van der Waals surface area contributed by atoms with Crippen molar-refractivity contribution in [3.05, 3.63) is 0 Å². The van der Waals surface area contributed by atoms with Crippen LogP contribution in [0.3, 0.4) is 0 Å². The van der Waals surface area contributed by atoms with Gasteiger partial charge in [-0.05, 0) is 6.92 Å². The van der Waals surface area contributed by atoms with Gasteiger partial charge in [0.15, 0.2) is 50.3 Å². The summed E-state index contributed by atoms with van der Waals surface area (Å²) < 4.78 is 99.7. The average molecular weight is 1710 g/mol. The first-order valence-corrected chi connectivity index (χ1v) is 37.1. The second-order valence-electron chi connectivity index (χ2n) is 29.7. The van der Waals surface area contributed by atoms with Crippen molar-refractivity contribution in [3.63, 3.8) is 0 Å². The van der Waals surface area contributed by atoms with E-state index < -0.39 is 371 Å². The van der Waals surface area contributed by atoms with E-state index in [4.69, 9.17) is 80.5 Å². The molecule has 0 aliphatic carbocycles. The Bertz CT molecular complexity index is 3190. The third-order valence-corrected chi connectivity index (χ3v) is 21.3.